The molecule has 2 heterocycles. The number of hydrogen-bond donors (Lipinski definition) is 1. The highest BCUT2D eigenvalue weighted by molar-refractivity contribution is 9.10. The van der Waals surface area contributed by atoms with Crippen molar-refractivity contribution in [2.75, 3.05) is 6.54 Å². The number of carbonyl (C=O) groups excluding carboxylic acids is 1. The molecule has 0 saturated carbocycles. The third kappa shape index (κ3) is 2.72. The average Bonchev–Trinajstić information content (AvgIpc) is 2.74. The van der Waals surface area contributed by atoms with E-state index in [0.29, 0.717) is 0 Å². The van der Waals surface area contributed by atoms with Gasteiger partial charge in [-0.1, -0.05) is 0 Å². The highest BCUT2D eigenvalue weighted by atomic mass is 79.9. The van der Waals surface area contributed by atoms with E-state index >= 15 is 0 Å². The summed E-state index contributed by atoms with van der Waals surface area (Å²) in [6, 6.07) is 1.85. The molecule has 5 heteroatoms. The molecule has 0 bridgehead atoms. The van der Waals surface area contributed by atoms with Gasteiger partial charge >= 0.3 is 0 Å². The Morgan fingerprint density at radius 1 is 1.65 bits per heavy atom. The monoisotopic (exact) mass is 317 g/mol. The van der Waals surface area contributed by atoms with Crippen molar-refractivity contribution in [3.8, 4) is 0 Å². The molecule has 2 atom stereocenters. The first-order valence-corrected chi connectivity index (χ1v) is 7.50. The molecule has 1 aliphatic heterocycles. The standard InChI is InChI=1S/C12H16BrNO2S/c1-8(15)10-4-2-3-6-14(10)12(16)11-9(13)5-7-17-11/h5,7-8,10,15H,2-4,6H2,1H3. The highest BCUT2D eigenvalue weighted by Gasteiger charge is 2.31. The fourth-order valence-corrected chi connectivity index (χ4v) is 3.78. The van der Waals surface area contributed by atoms with Crippen LogP contribution >= 0.6 is 27.3 Å². The second-order valence-electron chi connectivity index (χ2n) is 4.40. The van der Waals surface area contributed by atoms with E-state index in [1.165, 1.54) is 11.3 Å². The number of aliphatic hydroxyl groups is 1. The molecule has 0 aromatic carbocycles. The summed E-state index contributed by atoms with van der Waals surface area (Å²) in [6.45, 7) is 2.51. The Labute approximate surface area is 114 Å². The number of aliphatic hydroxyl groups excluding tert-OH is 1. The molecule has 0 spiro atoms. The molecular weight excluding hydrogens is 302 g/mol. The number of rotatable bonds is 2. The van der Waals surface area contributed by atoms with Crippen LogP contribution in [0, 0.1) is 0 Å². The van der Waals surface area contributed by atoms with Gasteiger partial charge in [-0.05, 0) is 53.6 Å². The lowest BCUT2D eigenvalue weighted by Gasteiger charge is -2.37. The van der Waals surface area contributed by atoms with Crippen molar-refractivity contribution in [1.29, 1.82) is 0 Å². The molecule has 2 rings (SSSR count). The summed E-state index contributed by atoms with van der Waals surface area (Å²) in [5.74, 6) is 0.0393. The van der Waals surface area contributed by atoms with Gasteiger partial charge in [0.15, 0.2) is 0 Å². The van der Waals surface area contributed by atoms with Gasteiger partial charge in [0.2, 0.25) is 0 Å². The van der Waals surface area contributed by atoms with Crippen LogP contribution < -0.4 is 0 Å². The molecular formula is C12H16BrNO2S. The minimum absolute atomic E-state index is 0.0368. The smallest absolute Gasteiger partial charge is 0.265 e. The van der Waals surface area contributed by atoms with Crippen LogP contribution in [0.4, 0.5) is 0 Å². The molecule has 1 aliphatic rings. The van der Waals surface area contributed by atoms with Crippen LogP contribution in [0.15, 0.2) is 15.9 Å². The van der Waals surface area contributed by atoms with Gasteiger partial charge < -0.3 is 10.0 Å². The van der Waals surface area contributed by atoms with Gasteiger partial charge in [0.25, 0.3) is 5.91 Å². The van der Waals surface area contributed by atoms with Crippen LogP contribution in [0.2, 0.25) is 0 Å². The van der Waals surface area contributed by atoms with Gasteiger partial charge in [0.05, 0.1) is 12.1 Å². The normalized spacial score (nSPS) is 22.5. The topological polar surface area (TPSA) is 40.5 Å². The molecule has 0 radical (unpaired) electrons. The van der Waals surface area contributed by atoms with E-state index < -0.39 is 6.10 Å². The lowest BCUT2D eigenvalue weighted by atomic mass is 9.98. The van der Waals surface area contributed by atoms with Crippen molar-refractivity contribution in [2.45, 2.75) is 38.3 Å². The first-order chi connectivity index (χ1) is 8.11. The lowest BCUT2D eigenvalue weighted by Crippen LogP contribution is -2.48. The van der Waals surface area contributed by atoms with Crippen molar-refractivity contribution in [3.05, 3.63) is 20.8 Å². The molecule has 2 unspecified atom stereocenters. The minimum atomic E-state index is -0.460. The van der Waals surface area contributed by atoms with Gasteiger partial charge in [0.1, 0.15) is 4.88 Å². The van der Waals surface area contributed by atoms with E-state index in [0.717, 1.165) is 35.2 Å². The molecule has 1 fully saturated rings. The maximum Gasteiger partial charge on any atom is 0.265 e. The molecule has 1 aromatic rings. The van der Waals surface area contributed by atoms with Crippen LogP contribution in [0.1, 0.15) is 35.9 Å². The molecule has 1 saturated heterocycles. The molecule has 94 valence electrons. The van der Waals surface area contributed by atoms with E-state index in [1.54, 1.807) is 6.92 Å². The predicted molar refractivity (Wildman–Crippen MR) is 72.4 cm³/mol. The second-order valence-corrected chi connectivity index (χ2v) is 6.17. The summed E-state index contributed by atoms with van der Waals surface area (Å²) in [7, 11) is 0. The zero-order valence-electron chi connectivity index (χ0n) is 9.73. The summed E-state index contributed by atoms with van der Waals surface area (Å²) in [5.41, 5.74) is 0. The number of hydrogen-bond acceptors (Lipinski definition) is 3. The predicted octanol–water partition coefficient (Wildman–Crippen LogP) is 2.89. The maximum atomic E-state index is 12.4. The third-order valence-corrected chi connectivity index (χ3v) is 5.00. The Morgan fingerprint density at radius 2 is 2.41 bits per heavy atom. The van der Waals surface area contributed by atoms with Gasteiger partial charge in [-0.2, -0.15) is 0 Å². The van der Waals surface area contributed by atoms with Crippen molar-refractivity contribution in [3.63, 3.8) is 0 Å². The van der Waals surface area contributed by atoms with Crippen LogP contribution in [0.5, 0.6) is 0 Å². The van der Waals surface area contributed by atoms with Crippen molar-refractivity contribution in [2.24, 2.45) is 0 Å². The number of piperidine rings is 1. The van der Waals surface area contributed by atoms with Gasteiger partial charge in [-0.25, -0.2) is 0 Å². The zero-order chi connectivity index (χ0) is 12.4. The number of nitrogens with zero attached hydrogens (tertiary/aromatic N) is 1. The van der Waals surface area contributed by atoms with E-state index in [-0.39, 0.29) is 11.9 Å². The second kappa shape index (κ2) is 5.50. The minimum Gasteiger partial charge on any atom is -0.391 e. The molecule has 0 aliphatic carbocycles. The number of amides is 1. The van der Waals surface area contributed by atoms with Crippen LogP contribution in [0.3, 0.4) is 0 Å². The number of likely N-dealkylation sites (tertiary alicyclic amines) is 1. The summed E-state index contributed by atoms with van der Waals surface area (Å²) in [5, 5.41) is 11.7. The van der Waals surface area contributed by atoms with Crippen molar-refractivity contribution < 1.29 is 9.90 Å². The van der Waals surface area contributed by atoms with Gasteiger partial charge in [0, 0.05) is 11.0 Å². The number of thiophene rings is 1. The van der Waals surface area contributed by atoms with Crippen LogP contribution in [-0.4, -0.2) is 34.6 Å². The van der Waals surface area contributed by atoms with E-state index in [2.05, 4.69) is 15.9 Å². The van der Waals surface area contributed by atoms with E-state index in [1.807, 2.05) is 16.3 Å². The maximum absolute atomic E-state index is 12.4. The highest BCUT2D eigenvalue weighted by Crippen LogP contribution is 2.28. The fraction of sp³-hybridized carbons (Fsp3) is 0.583. The fourth-order valence-electron chi connectivity index (χ4n) is 2.29. The first kappa shape index (κ1) is 13.1. The van der Waals surface area contributed by atoms with Crippen molar-refractivity contribution in [1.82, 2.24) is 4.90 Å². The molecule has 1 aromatic heterocycles. The van der Waals surface area contributed by atoms with Crippen LogP contribution in [-0.2, 0) is 0 Å². The van der Waals surface area contributed by atoms with Gasteiger partial charge in [-0.15, -0.1) is 11.3 Å². The Bertz CT molecular complexity index is 405. The number of carbonyl (C=O) groups is 1. The quantitative estimate of drug-likeness (QED) is 0.911. The van der Waals surface area contributed by atoms with E-state index in [9.17, 15) is 9.90 Å². The summed E-state index contributed by atoms with van der Waals surface area (Å²) >= 11 is 4.84. The molecule has 3 nitrogen and oxygen atoms in total. The Hall–Kier alpha value is -0.390. The van der Waals surface area contributed by atoms with E-state index in [4.69, 9.17) is 0 Å². The average molecular weight is 318 g/mol. The zero-order valence-corrected chi connectivity index (χ0v) is 12.1. The van der Waals surface area contributed by atoms with Crippen LogP contribution in [0.25, 0.3) is 0 Å². The SMILES string of the molecule is CC(O)C1CCCCN1C(=O)c1sccc1Br. The lowest BCUT2D eigenvalue weighted by molar-refractivity contribution is 0.0284. The summed E-state index contributed by atoms with van der Waals surface area (Å²) in [6.07, 6.45) is 2.55. The largest absolute Gasteiger partial charge is 0.391 e. The Morgan fingerprint density at radius 3 is 3.00 bits per heavy atom. The summed E-state index contributed by atoms with van der Waals surface area (Å²) < 4.78 is 0.849. The van der Waals surface area contributed by atoms with Gasteiger partial charge in [-0.3, -0.25) is 4.79 Å². The summed E-state index contributed by atoms with van der Waals surface area (Å²) in [4.78, 5) is 14.9. The molecule has 1 amide bonds. The molecule has 1 N–H and O–H groups in total. The van der Waals surface area contributed by atoms with Crippen molar-refractivity contribution >= 4 is 33.2 Å². The third-order valence-electron chi connectivity index (χ3n) is 3.18. The number of halogens is 1. The Kier molecular flexibility index (Phi) is 4.22. The first-order valence-electron chi connectivity index (χ1n) is 5.83. The molecule has 17 heavy (non-hydrogen) atoms. The Balaban J connectivity index is 2.20.